The van der Waals surface area contributed by atoms with E-state index >= 15 is 0 Å². The first kappa shape index (κ1) is 18.3. The highest BCUT2D eigenvalue weighted by molar-refractivity contribution is 8.00. The molecule has 3 aromatic rings. The van der Waals surface area contributed by atoms with Gasteiger partial charge in [-0.2, -0.15) is 0 Å². The number of fused-ring (bicyclic) bond motifs is 1. The van der Waals surface area contributed by atoms with Crippen LogP contribution in [0.4, 0.5) is 4.79 Å². The Hall–Kier alpha value is -2.45. The molecule has 0 unspecified atom stereocenters. The first-order valence-electron chi connectivity index (χ1n) is 8.08. The lowest BCUT2D eigenvalue weighted by Crippen LogP contribution is -2.41. The van der Waals surface area contributed by atoms with E-state index in [1.807, 2.05) is 48.7 Å². The Kier molecular flexibility index (Phi) is 6.19. The van der Waals surface area contributed by atoms with Crippen LogP contribution in [-0.4, -0.2) is 34.2 Å². The highest BCUT2D eigenvalue weighted by Crippen LogP contribution is 2.24. The lowest BCUT2D eigenvalue weighted by Gasteiger charge is -2.08. The standard InChI is InChI=1S/C18H18N4O2S2/c1-12-20-15-7-3-2-6-14(15)17(21-12)26-11-16(23)22-18(24)19-9-8-13-5-4-10-25-13/h2-7,10H,8-9,11H2,1H3,(H2,19,22,23,24). The predicted molar refractivity (Wildman–Crippen MR) is 105 cm³/mol. The molecule has 0 aliphatic rings. The largest absolute Gasteiger partial charge is 0.337 e. The summed E-state index contributed by atoms with van der Waals surface area (Å²) in [6, 6.07) is 11.2. The van der Waals surface area contributed by atoms with Crippen LogP contribution < -0.4 is 10.6 Å². The summed E-state index contributed by atoms with van der Waals surface area (Å²) in [4.78, 5) is 33.8. The summed E-state index contributed by atoms with van der Waals surface area (Å²) in [7, 11) is 0. The summed E-state index contributed by atoms with van der Waals surface area (Å²) in [6.07, 6.45) is 0.750. The lowest BCUT2D eigenvalue weighted by molar-refractivity contribution is -0.117. The average molecular weight is 387 g/mol. The second-order valence-corrected chi connectivity index (χ2v) is 7.51. The molecule has 0 radical (unpaired) electrons. The third-order valence-corrected chi connectivity index (χ3v) is 5.44. The summed E-state index contributed by atoms with van der Waals surface area (Å²) < 4.78 is 0. The maximum absolute atomic E-state index is 12.0. The van der Waals surface area contributed by atoms with Crippen LogP contribution in [0.2, 0.25) is 0 Å². The van der Waals surface area contributed by atoms with E-state index < -0.39 is 6.03 Å². The van der Waals surface area contributed by atoms with Crippen molar-refractivity contribution in [2.45, 2.75) is 18.4 Å². The Balaban J connectivity index is 1.49. The van der Waals surface area contributed by atoms with Crippen LogP contribution in [0.3, 0.4) is 0 Å². The molecular formula is C18H18N4O2S2. The molecule has 2 heterocycles. The number of imide groups is 1. The van der Waals surface area contributed by atoms with Crippen molar-refractivity contribution >= 4 is 45.9 Å². The zero-order valence-electron chi connectivity index (χ0n) is 14.2. The number of hydrogen-bond donors (Lipinski definition) is 2. The molecule has 2 aromatic heterocycles. The van der Waals surface area contributed by atoms with Crippen molar-refractivity contribution < 1.29 is 9.59 Å². The third kappa shape index (κ3) is 5.03. The van der Waals surface area contributed by atoms with Crippen molar-refractivity contribution in [2.24, 2.45) is 0 Å². The second-order valence-electron chi connectivity index (χ2n) is 5.52. The van der Waals surface area contributed by atoms with Crippen LogP contribution >= 0.6 is 23.1 Å². The molecule has 1 aromatic carbocycles. The van der Waals surface area contributed by atoms with Gasteiger partial charge in [-0.25, -0.2) is 14.8 Å². The molecule has 0 aliphatic carbocycles. The number of nitrogens with zero attached hydrogens (tertiary/aromatic N) is 2. The molecule has 6 nitrogen and oxygen atoms in total. The van der Waals surface area contributed by atoms with E-state index in [2.05, 4.69) is 20.6 Å². The number of carbonyl (C=O) groups excluding carboxylic acids is 2. The Labute approximate surface area is 159 Å². The highest BCUT2D eigenvalue weighted by Gasteiger charge is 2.11. The molecule has 0 saturated heterocycles. The summed E-state index contributed by atoms with van der Waals surface area (Å²) in [5, 5.41) is 8.66. The van der Waals surface area contributed by atoms with Crippen LogP contribution in [0.5, 0.6) is 0 Å². The first-order chi connectivity index (χ1) is 12.6. The summed E-state index contributed by atoms with van der Waals surface area (Å²) in [6.45, 7) is 2.31. The minimum absolute atomic E-state index is 0.110. The number of urea groups is 1. The molecule has 0 bridgehead atoms. The first-order valence-corrected chi connectivity index (χ1v) is 9.94. The van der Waals surface area contributed by atoms with Crippen molar-refractivity contribution in [3.05, 3.63) is 52.5 Å². The SMILES string of the molecule is Cc1nc(SCC(=O)NC(=O)NCCc2cccs2)c2ccccc2n1. The van der Waals surface area contributed by atoms with Gasteiger partial charge in [0.1, 0.15) is 10.9 Å². The van der Waals surface area contributed by atoms with Crippen LogP contribution in [-0.2, 0) is 11.2 Å². The Bertz CT molecular complexity index is 913. The van der Waals surface area contributed by atoms with Gasteiger partial charge in [0.05, 0.1) is 11.3 Å². The molecule has 0 spiro atoms. The van der Waals surface area contributed by atoms with Crippen molar-refractivity contribution in [1.29, 1.82) is 0 Å². The van der Waals surface area contributed by atoms with Crippen LogP contribution in [0.1, 0.15) is 10.7 Å². The van der Waals surface area contributed by atoms with Gasteiger partial charge in [-0.3, -0.25) is 10.1 Å². The molecule has 0 aliphatic heterocycles. The number of nitrogens with one attached hydrogen (secondary N) is 2. The number of thiophene rings is 1. The van der Waals surface area contributed by atoms with Crippen molar-refractivity contribution in [1.82, 2.24) is 20.6 Å². The molecule has 3 amide bonds. The van der Waals surface area contributed by atoms with Crippen LogP contribution in [0.25, 0.3) is 10.9 Å². The van der Waals surface area contributed by atoms with Crippen LogP contribution in [0, 0.1) is 6.92 Å². The average Bonchev–Trinajstić information content (AvgIpc) is 3.13. The summed E-state index contributed by atoms with van der Waals surface area (Å²) >= 11 is 2.94. The van der Waals surface area contributed by atoms with Gasteiger partial charge < -0.3 is 5.32 Å². The maximum atomic E-state index is 12.0. The Morgan fingerprint density at radius 3 is 2.81 bits per heavy atom. The van der Waals surface area contributed by atoms with E-state index in [9.17, 15) is 9.59 Å². The number of rotatable bonds is 6. The second kappa shape index (κ2) is 8.77. The Morgan fingerprint density at radius 1 is 1.15 bits per heavy atom. The van der Waals surface area contributed by atoms with Gasteiger partial charge in [-0.05, 0) is 30.9 Å². The van der Waals surface area contributed by atoms with Gasteiger partial charge >= 0.3 is 6.03 Å². The monoisotopic (exact) mass is 386 g/mol. The third-order valence-electron chi connectivity index (χ3n) is 3.51. The normalized spacial score (nSPS) is 10.7. The van der Waals surface area contributed by atoms with Gasteiger partial charge in [0.25, 0.3) is 0 Å². The minimum Gasteiger partial charge on any atom is -0.337 e. The summed E-state index contributed by atoms with van der Waals surface area (Å²) in [5.41, 5.74) is 0.842. The minimum atomic E-state index is -0.476. The zero-order chi connectivity index (χ0) is 18.4. The molecule has 2 N–H and O–H groups in total. The number of aromatic nitrogens is 2. The number of amides is 3. The number of benzene rings is 1. The molecule has 8 heteroatoms. The Morgan fingerprint density at radius 2 is 2.00 bits per heavy atom. The summed E-state index contributed by atoms with van der Waals surface area (Å²) in [5.74, 6) is 0.403. The van der Waals surface area contributed by atoms with Crippen molar-refractivity contribution in [3.8, 4) is 0 Å². The van der Waals surface area contributed by atoms with E-state index in [0.717, 1.165) is 22.3 Å². The van der Waals surface area contributed by atoms with E-state index in [1.54, 1.807) is 11.3 Å². The lowest BCUT2D eigenvalue weighted by atomic mass is 10.2. The highest BCUT2D eigenvalue weighted by atomic mass is 32.2. The number of para-hydroxylation sites is 1. The fourth-order valence-corrected chi connectivity index (χ4v) is 3.94. The molecular weight excluding hydrogens is 368 g/mol. The van der Waals surface area contributed by atoms with Gasteiger partial charge in [-0.15, -0.1) is 11.3 Å². The van der Waals surface area contributed by atoms with Gasteiger partial charge in [0, 0.05) is 16.8 Å². The van der Waals surface area contributed by atoms with E-state index in [-0.39, 0.29) is 11.7 Å². The van der Waals surface area contributed by atoms with E-state index in [4.69, 9.17) is 0 Å². The van der Waals surface area contributed by atoms with Crippen molar-refractivity contribution in [3.63, 3.8) is 0 Å². The molecule has 134 valence electrons. The maximum Gasteiger partial charge on any atom is 0.321 e. The number of aryl methyl sites for hydroxylation is 1. The quantitative estimate of drug-likeness (QED) is 0.502. The molecule has 3 rings (SSSR count). The fraction of sp³-hybridized carbons (Fsp3) is 0.222. The fourth-order valence-electron chi connectivity index (χ4n) is 2.36. The predicted octanol–water partition coefficient (Wildman–Crippen LogP) is 3.16. The van der Waals surface area contributed by atoms with Gasteiger partial charge in [-0.1, -0.05) is 36.0 Å². The molecule has 0 atom stereocenters. The number of hydrogen-bond acceptors (Lipinski definition) is 6. The number of thioether (sulfide) groups is 1. The van der Waals surface area contributed by atoms with E-state index in [1.165, 1.54) is 16.6 Å². The van der Waals surface area contributed by atoms with Crippen molar-refractivity contribution in [2.75, 3.05) is 12.3 Å². The van der Waals surface area contributed by atoms with E-state index in [0.29, 0.717) is 12.4 Å². The molecule has 0 fully saturated rings. The molecule has 26 heavy (non-hydrogen) atoms. The van der Waals surface area contributed by atoms with Gasteiger partial charge in [0.15, 0.2) is 0 Å². The van der Waals surface area contributed by atoms with Gasteiger partial charge in [0.2, 0.25) is 5.91 Å². The smallest absolute Gasteiger partial charge is 0.321 e. The number of carbonyl (C=O) groups is 2. The van der Waals surface area contributed by atoms with Crippen LogP contribution in [0.15, 0.2) is 46.8 Å². The molecule has 0 saturated carbocycles. The zero-order valence-corrected chi connectivity index (χ0v) is 15.8. The topological polar surface area (TPSA) is 84.0 Å².